The molecule has 12 aliphatic heterocycles. The highest BCUT2D eigenvalue weighted by Gasteiger charge is 2.66. The largest absolute Gasteiger partial charge is 0.394 e. The lowest BCUT2D eigenvalue weighted by Gasteiger charge is -2.51. The van der Waals surface area contributed by atoms with Gasteiger partial charge in [0, 0.05) is 0 Å². The molecule has 0 saturated carbocycles. The number of hydrogen-bond acceptors (Lipinski definition) is 41. The average molecular weight is 1330 g/mol. The van der Waals surface area contributed by atoms with Gasteiger partial charge in [0.15, 0.2) is 43.8 Å². The molecule has 12 fully saturated rings. The Labute approximate surface area is 511 Å². The molecule has 40 atom stereocenters. The van der Waals surface area contributed by atoms with Crippen LogP contribution in [0.25, 0.3) is 0 Å². The van der Waals surface area contributed by atoms with Gasteiger partial charge in [-0.25, -0.2) is 0 Å². The van der Waals surface area contributed by atoms with Crippen molar-refractivity contribution in [2.24, 2.45) is 0 Å². The maximum absolute atomic E-state index is 14.4. The number of carbonyl (C=O) groups excluding carboxylic acids is 1. The van der Waals surface area contributed by atoms with Crippen LogP contribution in [0.15, 0.2) is 0 Å². The zero-order chi connectivity index (χ0) is 65.0. The molecule has 8 bridgehead atoms. The molecule has 41 heteroatoms. The molecule has 0 spiro atoms. The summed E-state index contributed by atoms with van der Waals surface area (Å²) in [6, 6.07) is 0. The first-order chi connectivity index (χ1) is 43.4. The lowest BCUT2D eigenvalue weighted by atomic mass is 9.89. The van der Waals surface area contributed by atoms with Gasteiger partial charge in [-0.2, -0.15) is 0 Å². The third-order valence-corrected chi connectivity index (χ3v) is 18.4. The van der Waals surface area contributed by atoms with Crippen LogP contribution in [0.1, 0.15) is 6.42 Å². The van der Waals surface area contributed by atoms with E-state index in [0.717, 1.165) is 0 Å². The highest BCUT2D eigenvalue weighted by atomic mass is 16.8. The van der Waals surface area contributed by atoms with E-state index in [1.54, 1.807) is 0 Å². The van der Waals surface area contributed by atoms with E-state index in [1.807, 2.05) is 5.48 Å². The third kappa shape index (κ3) is 12.4. The first kappa shape index (κ1) is 68.8. The van der Waals surface area contributed by atoms with E-state index in [0.29, 0.717) is 0 Å². The molecular formula is C50H77NO40. The number of rotatable bonds is 20. The standard InChI is InChI=1S/C50H77NO40/c52-2-10-21(59)35(27(65)45(79-10)83-31-14-6-73-37(31)25(63)43(71)77-14)85-47-29(67)39-33(16(81-47)8-75-39)89-49(41(69)23(61)19(57)12(4-54)87-49)1-18(56)91-51-50(42(70)24(62)20(58)13(5-55)88-50)90-34-17-9-76-40(34)30(68)48(82-17)86-36-22(60)11(3-53)80-46(28(36)66)84-32-15-7-74-38(32)26(64)44(72)78-15/h10-17,19-48,51-55,57-72H,1-9H2/t10-,11-,12-,13-,14+,15+,16+,17+,19+,20+,21-,22-,23+,24+,25+,26+,27-,28-,29+,30+,31+,32+,33+,34+,35+,36+,37+,38+,39+,40+,41-,42-,43-,44-,45+,46+,47+,48+,49+,50+/m1/s1. The highest BCUT2D eigenvalue weighted by molar-refractivity contribution is 5.70. The summed E-state index contributed by atoms with van der Waals surface area (Å²) in [5.74, 6) is -7.77. The Hall–Kier alpha value is -2.09. The lowest BCUT2D eigenvalue weighted by Crippen LogP contribution is -2.74. The summed E-state index contributed by atoms with van der Waals surface area (Å²) in [6.45, 7) is -5.22. The van der Waals surface area contributed by atoms with Crippen LogP contribution >= 0.6 is 0 Å². The zero-order valence-corrected chi connectivity index (χ0v) is 47.4. The van der Waals surface area contributed by atoms with E-state index in [-0.39, 0.29) is 13.2 Å². The van der Waals surface area contributed by atoms with Gasteiger partial charge in [0.05, 0.1) is 52.9 Å². The quantitative estimate of drug-likeness (QED) is 0.0398. The van der Waals surface area contributed by atoms with E-state index < -0.39 is 297 Å². The van der Waals surface area contributed by atoms with Crippen LogP contribution in [0.2, 0.25) is 0 Å². The number of hydroxylamine groups is 1. The van der Waals surface area contributed by atoms with Crippen molar-refractivity contribution in [3.8, 4) is 0 Å². The molecule has 12 aliphatic rings. The van der Waals surface area contributed by atoms with Crippen LogP contribution < -0.4 is 5.48 Å². The van der Waals surface area contributed by atoms with Gasteiger partial charge in [0.25, 0.3) is 5.91 Å². The van der Waals surface area contributed by atoms with Crippen molar-refractivity contribution in [3.63, 3.8) is 0 Å². The maximum atomic E-state index is 14.4. The van der Waals surface area contributed by atoms with Crippen molar-refractivity contribution < 1.29 is 197 Å². The van der Waals surface area contributed by atoms with Crippen molar-refractivity contribution in [2.45, 2.75) is 251 Å². The zero-order valence-electron chi connectivity index (χ0n) is 47.4. The molecule has 12 heterocycles. The van der Waals surface area contributed by atoms with E-state index in [9.17, 15) is 107 Å². The maximum Gasteiger partial charge on any atom is 0.330 e. The summed E-state index contributed by atoms with van der Waals surface area (Å²) in [6.07, 6.45) is -67.0. The molecule has 41 nitrogen and oxygen atoms in total. The fraction of sp³-hybridized carbons (Fsp3) is 0.980. The molecule has 0 unspecified atom stereocenters. The van der Waals surface area contributed by atoms with Crippen LogP contribution in [0.3, 0.4) is 0 Å². The molecule has 91 heavy (non-hydrogen) atoms. The van der Waals surface area contributed by atoms with Gasteiger partial charge < -0.3 is 192 Å². The van der Waals surface area contributed by atoms with Crippen LogP contribution in [-0.2, 0) is 94.9 Å². The average Bonchev–Trinajstić information content (AvgIpc) is 1.75. The van der Waals surface area contributed by atoms with Gasteiger partial charge >= 0.3 is 5.97 Å². The molecule has 0 aromatic carbocycles. The SMILES string of the molecule is O=C(C[C@@]1(O[C@@H]2[C@H]3OC[C@@H]2O[C@@H](O[C@@H]2[C@@H](O)[C@H](O[C@@H]4[C@H]5OC[C@@H]4O[C@@H](O)[C@H]5O)O[C@H](CO)[C@H]2O)[C@H]3O)O[C@H](CO)[C@H](O)[C@H](O)[C@H]1O)ON[C@]1(O[C@@H]2[C@H]3OC[C@@H]2O[C@@H](O[C@@H]2[C@@H](O)[C@H](O[C@@H]4[C@H]5OC[C@@H]4O[C@@H](O)[C@H]5O)O[C@H](CO)[C@H]2O)[C@H]3O)O[C@H](CO)[C@H](O)[C@H](O)[C@H]1O. The van der Waals surface area contributed by atoms with Gasteiger partial charge in [-0.1, -0.05) is 5.48 Å². The van der Waals surface area contributed by atoms with Crippen molar-refractivity contribution in [1.29, 1.82) is 0 Å². The topological polar surface area (TPSA) is 609 Å². The number of nitrogens with one attached hydrogen (secondary N) is 1. The molecule has 522 valence electrons. The minimum absolute atomic E-state index is 0.140. The van der Waals surface area contributed by atoms with Crippen LogP contribution in [-0.4, -0.2) is 406 Å². The van der Waals surface area contributed by atoms with Gasteiger partial charge in [-0.3, -0.25) is 4.79 Å². The Morgan fingerprint density at radius 2 is 0.747 bits per heavy atom. The predicted octanol–water partition coefficient (Wildman–Crippen LogP) is -16.2. The summed E-state index contributed by atoms with van der Waals surface area (Å²) in [7, 11) is 0. The second-order valence-electron chi connectivity index (χ2n) is 24.1. The Morgan fingerprint density at radius 1 is 0.374 bits per heavy atom. The first-order valence-corrected chi connectivity index (χ1v) is 29.4. The number of ether oxygens (including phenoxy) is 18. The summed E-state index contributed by atoms with van der Waals surface area (Å²) in [5.41, 5.74) is 2.00. The number of hydrogen-bond donors (Lipinski definition) is 21. The van der Waals surface area contributed by atoms with E-state index in [1.165, 1.54) is 0 Å². The number of carbonyl (C=O) groups is 1. The second-order valence-corrected chi connectivity index (χ2v) is 24.1. The Kier molecular flexibility index (Phi) is 20.7. The number of aliphatic hydroxyl groups excluding tert-OH is 20. The summed E-state index contributed by atoms with van der Waals surface area (Å²) >= 11 is 0. The fourth-order valence-electron chi connectivity index (χ4n) is 13.5. The monoisotopic (exact) mass is 1330 g/mol. The van der Waals surface area contributed by atoms with E-state index in [4.69, 9.17) is 90.1 Å². The van der Waals surface area contributed by atoms with Crippen LogP contribution in [0.4, 0.5) is 0 Å². The summed E-state index contributed by atoms with van der Waals surface area (Å²) < 4.78 is 104. The van der Waals surface area contributed by atoms with Gasteiger partial charge in [0.2, 0.25) is 5.79 Å². The minimum Gasteiger partial charge on any atom is -0.394 e. The van der Waals surface area contributed by atoms with E-state index in [2.05, 4.69) is 0 Å². The van der Waals surface area contributed by atoms with Crippen LogP contribution in [0.5, 0.6) is 0 Å². The fourth-order valence-corrected chi connectivity index (χ4v) is 13.5. The molecule has 0 aliphatic carbocycles. The van der Waals surface area contributed by atoms with Crippen molar-refractivity contribution in [2.75, 3.05) is 52.9 Å². The van der Waals surface area contributed by atoms with Gasteiger partial charge in [0.1, 0.15) is 196 Å². The number of fused-ring (bicyclic) bond motifs is 8. The summed E-state index contributed by atoms with van der Waals surface area (Å²) in [5, 5.41) is 218. The molecule has 0 amide bonds. The first-order valence-electron chi connectivity index (χ1n) is 29.4. The molecule has 0 radical (unpaired) electrons. The van der Waals surface area contributed by atoms with Crippen molar-refractivity contribution in [1.82, 2.24) is 5.48 Å². The minimum atomic E-state index is -3.15. The molecule has 0 aromatic rings. The Bertz CT molecular complexity index is 2450. The molecule has 0 aromatic heterocycles. The predicted molar refractivity (Wildman–Crippen MR) is 266 cm³/mol. The highest BCUT2D eigenvalue weighted by Crippen LogP contribution is 2.45. The van der Waals surface area contributed by atoms with E-state index >= 15 is 0 Å². The second kappa shape index (κ2) is 27.3. The molecule has 12 saturated heterocycles. The molecule has 21 N–H and O–H groups in total. The number of aliphatic hydroxyl groups is 20. The normalized spacial score (nSPS) is 56.1. The Morgan fingerprint density at radius 3 is 1.19 bits per heavy atom. The lowest BCUT2D eigenvalue weighted by molar-refractivity contribution is -0.426. The van der Waals surface area contributed by atoms with Crippen molar-refractivity contribution in [3.05, 3.63) is 0 Å². The molecule has 12 rings (SSSR count). The van der Waals surface area contributed by atoms with Crippen molar-refractivity contribution >= 4 is 5.97 Å². The summed E-state index contributed by atoms with van der Waals surface area (Å²) in [4.78, 5) is 19.7. The smallest absolute Gasteiger partial charge is 0.330 e. The Balaban J connectivity index is 0.737. The van der Waals surface area contributed by atoms with Crippen LogP contribution in [0, 0.1) is 0 Å². The van der Waals surface area contributed by atoms with Gasteiger partial charge in [-0.05, 0) is 0 Å². The third-order valence-electron chi connectivity index (χ3n) is 18.4. The molecular weight excluding hydrogens is 1250 g/mol. The van der Waals surface area contributed by atoms with Gasteiger partial charge in [-0.15, -0.1) is 0 Å².